The Kier molecular flexibility index (Phi) is 4.42. The van der Waals surface area contributed by atoms with Crippen molar-refractivity contribution in [2.24, 2.45) is 0 Å². The van der Waals surface area contributed by atoms with Crippen LogP contribution in [0, 0.1) is 0 Å². The van der Waals surface area contributed by atoms with Gasteiger partial charge in [0.15, 0.2) is 0 Å². The smallest absolute Gasteiger partial charge is 0.127 e. The van der Waals surface area contributed by atoms with Crippen molar-refractivity contribution in [2.75, 3.05) is 43.4 Å². The van der Waals surface area contributed by atoms with Crippen LogP contribution < -0.4 is 10.2 Å². The van der Waals surface area contributed by atoms with Gasteiger partial charge < -0.3 is 10.2 Å². The van der Waals surface area contributed by atoms with Crippen LogP contribution in [-0.2, 0) is 0 Å². The molecule has 1 N–H and O–H groups in total. The van der Waals surface area contributed by atoms with Crippen LogP contribution >= 0.6 is 0 Å². The number of rotatable bonds is 5. The lowest BCUT2D eigenvalue weighted by atomic mass is 10.2. The predicted molar refractivity (Wildman–Crippen MR) is 77.3 cm³/mol. The minimum Gasteiger partial charge on any atom is -0.373 e. The largest absolute Gasteiger partial charge is 0.373 e. The second-order valence-electron chi connectivity index (χ2n) is 4.76. The molecule has 4 nitrogen and oxygen atoms in total. The summed E-state index contributed by atoms with van der Waals surface area (Å²) in [5.74, 6) is 0.943. The van der Waals surface area contributed by atoms with Gasteiger partial charge in [0.05, 0.1) is 0 Å². The van der Waals surface area contributed by atoms with Crippen LogP contribution in [0.2, 0.25) is 0 Å². The third-order valence-electron chi connectivity index (χ3n) is 3.86. The van der Waals surface area contributed by atoms with E-state index in [4.69, 9.17) is 0 Å². The van der Waals surface area contributed by atoms with Gasteiger partial charge in [-0.3, -0.25) is 4.90 Å². The summed E-state index contributed by atoms with van der Waals surface area (Å²) < 4.78 is 0. The number of hydrogen-bond donors (Lipinski definition) is 1. The van der Waals surface area contributed by atoms with Crippen LogP contribution in [0.1, 0.15) is 20.3 Å². The van der Waals surface area contributed by atoms with Crippen molar-refractivity contribution in [2.45, 2.75) is 26.3 Å². The van der Waals surface area contributed by atoms with Crippen LogP contribution in [0.4, 0.5) is 11.5 Å². The molecule has 2 heterocycles. The average Bonchev–Trinajstić information content (AvgIpc) is 2.90. The Labute approximate surface area is 110 Å². The zero-order chi connectivity index (χ0) is 13.0. The number of nitrogens with zero attached hydrogens (tertiary/aromatic N) is 3. The third-order valence-corrected chi connectivity index (χ3v) is 3.86. The van der Waals surface area contributed by atoms with E-state index in [9.17, 15) is 0 Å². The first-order valence-corrected chi connectivity index (χ1v) is 6.91. The highest BCUT2D eigenvalue weighted by Crippen LogP contribution is 2.24. The van der Waals surface area contributed by atoms with Crippen LogP contribution in [0.15, 0.2) is 18.3 Å². The molecule has 1 aromatic rings. The maximum Gasteiger partial charge on any atom is 0.127 e. The van der Waals surface area contributed by atoms with Crippen LogP contribution in [0.25, 0.3) is 0 Å². The molecule has 0 radical (unpaired) electrons. The van der Waals surface area contributed by atoms with E-state index in [0.29, 0.717) is 6.04 Å². The van der Waals surface area contributed by atoms with Crippen molar-refractivity contribution in [3.63, 3.8) is 0 Å². The van der Waals surface area contributed by atoms with E-state index >= 15 is 0 Å². The molecule has 1 atom stereocenters. The first-order chi connectivity index (χ1) is 8.78. The average molecular weight is 248 g/mol. The van der Waals surface area contributed by atoms with Crippen molar-refractivity contribution in [3.05, 3.63) is 18.3 Å². The highest BCUT2D eigenvalue weighted by Gasteiger charge is 2.26. The molecule has 4 heteroatoms. The van der Waals surface area contributed by atoms with E-state index in [1.54, 1.807) is 0 Å². The molecular weight excluding hydrogens is 224 g/mol. The van der Waals surface area contributed by atoms with Crippen molar-refractivity contribution >= 4 is 11.5 Å². The number of likely N-dealkylation sites (N-methyl/N-ethyl adjacent to an activating group) is 1. The van der Waals surface area contributed by atoms with Gasteiger partial charge in [-0.2, -0.15) is 0 Å². The lowest BCUT2D eigenvalue weighted by Gasteiger charge is -2.26. The first-order valence-electron chi connectivity index (χ1n) is 6.91. The molecular formula is C14H24N4. The van der Waals surface area contributed by atoms with E-state index < -0.39 is 0 Å². The molecule has 1 saturated heterocycles. The zero-order valence-electron chi connectivity index (χ0n) is 11.7. The Morgan fingerprint density at radius 1 is 1.44 bits per heavy atom. The summed E-state index contributed by atoms with van der Waals surface area (Å²) >= 11 is 0. The molecule has 1 aromatic heterocycles. The van der Waals surface area contributed by atoms with Crippen LogP contribution in [0.3, 0.4) is 0 Å². The summed E-state index contributed by atoms with van der Waals surface area (Å²) in [6.45, 7) is 9.07. The Bertz CT molecular complexity index is 376. The van der Waals surface area contributed by atoms with Crippen LogP contribution in [0.5, 0.6) is 0 Å². The highest BCUT2D eigenvalue weighted by molar-refractivity contribution is 5.54. The summed E-state index contributed by atoms with van der Waals surface area (Å²) in [6.07, 6.45) is 3.14. The molecule has 18 heavy (non-hydrogen) atoms. The van der Waals surface area contributed by atoms with Gasteiger partial charge in [0.1, 0.15) is 5.82 Å². The summed E-state index contributed by atoms with van der Waals surface area (Å²) in [5.41, 5.74) is 1.28. The van der Waals surface area contributed by atoms with E-state index in [0.717, 1.165) is 32.0 Å². The third kappa shape index (κ3) is 2.75. The minimum atomic E-state index is 0.700. The Morgan fingerprint density at radius 2 is 2.22 bits per heavy atom. The predicted octanol–water partition coefficient (Wildman–Crippen LogP) is 2.04. The zero-order valence-corrected chi connectivity index (χ0v) is 11.7. The number of nitrogens with one attached hydrogen (secondary N) is 1. The van der Waals surface area contributed by atoms with Gasteiger partial charge in [-0.25, -0.2) is 4.98 Å². The molecule has 0 bridgehead atoms. The molecule has 0 saturated carbocycles. The van der Waals surface area contributed by atoms with Gasteiger partial charge in [0, 0.05) is 44.1 Å². The second kappa shape index (κ2) is 6.05. The quantitative estimate of drug-likeness (QED) is 0.864. The summed E-state index contributed by atoms with van der Waals surface area (Å²) in [6, 6.07) is 4.93. The molecule has 0 spiro atoms. The monoisotopic (exact) mass is 248 g/mol. The topological polar surface area (TPSA) is 31.4 Å². The number of pyridine rings is 1. The molecule has 1 aliphatic heterocycles. The Hall–Kier alpha value is -1.29. The van der Waals surface area contributed by atoms with Crippen LogP contribution in [-0.4, -0.2) is 49.2 Å². The van der Waals surface area contributed by atoms with Crippen molar-refractivity contribution in [1.82, 2.24) is 9.88 Å². The Morgan fingerprint density at radius 3 is 2.89 bits per heavy atom. The highest BCUT2D eigenvalue weighted by atomic mass is 15.3. The second-order valence-corrected chi connectivity index (χ2v) is 4.76. The maximum absolute atomic E-state index is 4.27. The summed E-state index contributed by atoms with van der Waals surface area (Å²) in [5, 5.41) is 3.10. The van der Waals surface area contributed by atoms with Gasteiger partial charge in [-0.15, -0.1) is 0 Å². The van der Waals surface area contributed by atoms with E-state index in [1.165, 1.54) is 12.1 Å². The maximum atomic E-state index is 4.27. The van der Waals surface area contributed by atoms with Crippen molar-refractivity contribution < 1.29 is 0 Å². The summed E-state index contributed by atoms with van der Waals surface area (Å²) in [4.78, 5) is 9.29. The summed E-state index contributed by atoms with van der Waals surface area (Å²) in [7, 11) is 1.91. The fourth-order valence-corrected chi connectivity index (χ4v) is 2.77. The fourth-order valence-electron chi connectivity index (χ4n) is 2.77. The lowest BCUT2D eigenvalue weighted by molar-refractivity contribution is 0.232. The molecule has 0 aliphatic carbocycles. The number of aromatic nitrogens is 1. The van der Waals surface area contributed by atoms with E-state index in [-0.39, 0.29) is 0 Å². The lowest BCUT2D eigenvalue weighted by Crippen LogP contribution is -2.37. The van der Waals surface area contributed by atoms with Gasteiger partial charge in [-0.1, -0.05) is 13.8 Å². The molecule has 1 unspecified atom stereocenters. The van der Waals surface area contributed by atoms with E-state index in [2.05, 4.69) is 46.1 Å². The molecule has 0 aromatic carbocycles. The first kappa shape index (κ1) is 13.1. The fraction of sp³-hybridized carbons (Fsp3) is 0.643. The van der Waals surface area contributed by atoms with Crippen molar-refractivity contribution in [1.29, 1.82) is 0 Å². The van der Waals surface area contributed by atoms with Gasteiger partial charge in [-0.05, 0) is 25.6 Å². The SMILES string of the molecule is CCN(CC)C1CCN(c2ccnc(NC)c2)C1. The molecule has 1 fully saturated rings. The number of hydrogen-bond acceptors (Lipinski definition) is 4. The standard InChI is InChI=1S/C14H24N4/c1-4-17(5-2)13-7-9-18(11-13)12-6-8-16-14(10-12)15-3/h6,8,10,13H,4-5,7,9,11H2,1-3H3,(H,15,16). The molecule has 0 amide bonds. The normalized spacial score (nSPS) is 19.6. The Balaban J connectivity index is 2.03. The molecule has 2 rings (SSSR count). The van der Waals surface area contributed by atoms with Gasteiger partial charge >= 0.3 is 0 Å². The molecule has 1 aliphatic rings. The minimum absolute atomic E-state index is 0.700. The van der Waals surface area contributed by atoms with Gasteiger partial charge in [0.25, 0.3) is 0 Å². The van der Waals surface area contributed by atoms with E-state index in [1.807, 2.05) is 13.2 Å². The van der Waals surface area contributed by atoms with Gasteiger partial charge in [0.2, 0.25) is 0 Å². The van der Waals surface area contributed by atoms with Crippen molar-refractivity contribution in [3.8, 4) is 0 Å². The molecule has 100 valence electrons. The number of anilines is 2.